The number of benzene rings is 3. The molecule has 8 heteroatoms. The lowest BCUT2D eigenvalue weighted by Crippen LogP contribution is -2.19. The van der Waals surface area contributed by atoms with E-state index in [9.17, 15) is 4.79 Å². The minimum Gasteiger partial charge on any atom is -0.366 e. The zero-order valence-corrected chi connectivity index (χ0v) is 20.4. The number of amides is 1. The first-order valence-corrected chi connectivity index (χ1v) is 11.9. The highest BCUT2D eigenvalue weighted by molar-refractivity contribution is 6.36. The van der Waals surface area contributed by atoms with Crippen LogP contribution in [0.2, 0.25) is 5.02 Å². The van der Waals surface area contributed by atoms with Crippen LogP contribution in [-0.2, 0) is 11.3 Å². The summed E-state index contributed by atoms with van der Waals surface area (Å²) in [7, 11) is 6.12. The Kier molecular flexibility index (Phi) is 6.74. The van der Waals surface area contributed by atoms with Crippen molar-refractivity contribution in [1.29, 1.82) is 0 Å². The van der Waals surface area contributed by atoms with Crippen molar-refractivity contribution in [3.05, 3.63) is 107 Å². The molecule has 1 atom stereocenters. The van der Waals surface area contributed by atoms with Crippen molar-refractivity contribution < 1.29 is 4.79 Å². The molecule has 3 aromatic carbocycles. The van der Waals surface area contributed by atoms with Crippen LogP contribution in [0.3, 0.4) is 0 Å². The van der Waals surface area contributed by atoms with Gasteiger partial charge >= 0.3 is 0 Å². The number of aromatic nitrogens is 3. The predicted octanol–water partition coefficient (Wildman–Crippen LogP) is 5.20. The quantitative estimate of drug-likeness (QED) is 0.307. The summed E-state index contributed by atoms with van der Waals surface area (Å²) in [5.41, 5.74) is 5.23. The molecule has 0 fully saturated rings. The molecule has 0 aliphatic rings. The van der Waals surface area contributed by atoms with Crippen LogP contribution in [0, 0.1) is 0 Å². The number of carbonyl (C=O) groups excluding carboxylic acids is 1. The molecule has 0 saturated heterocycles. The second-order valence-corrected chi connectivity index (χ2v) is 8.92. The second-order valence-electron chi connectivity index (χ2n) is 8.52. The molecule has 0 aliphatic carbocycles. The van der Waals surface area contributed by atoms with Crippen molar-refractivity contribution in [3.63, 3.8) is 0 Å². The van der Waals surface area contributed by atoms with E-state index in [1.165, 1.54) is 0 Å². The molecule has 2 radical (unpaired) electrons. The zero-order chi connectivity index (χ0) is 25.1. The third-order valence-electron chi connectivity index (χ3n) is 6.01. The maximum absolute atomic E-state index is 12.8. The average Bonchev–Trinajstić information content (AvgIpc) is 3.28. The number of hydrogen-bond acceptors (Lipinski definition) is 4. The van der Waals surface area contributed by atoms with Crippen LogP contribution in [0.4, 0.5) is 11.5 Å². The van der Waals surface area contributed by atoms with Gasteiger partial charge in [-0.25, -0.2) is 4.98 Å². The third kappa shape index (κ3) is 4.97. The number of nitrogens with zero attached hydrogens (tertiary/aromatic N) is 3. The van der Waals surface area contributed by atoms with Gasteiger partial charge in [0.1, 0.15) is 13.7 Å². The summed E-state index contributed by atoms with van der Waals surface area (Å²) in [5, 5.41) is 11.4. The summed E-state index contributed by atoms with van der Waals surface area (Å²) in [4.78, 5) is 17.5. The van der Waals surface area contributed by atoms with Gasteiger partial charge < -0.3 is 10.6 Å². The Hall–Kier alpha value is -4.10. The van der Waals surface area contributed by atoms with E-state index < -0.39 is 0 Å². The summed E-state index contributed by atoms with van der Waals surface area (Å²) < 4.78 is 1.67. The minimum absolute atomic E-state index is 0.0569. The molecular weight excluding hydrogens is 469 g/mol. The van der Waals surface area contributed by atoms with Gasteiger partial charge in [-0.3, -0.25) is 4.79 Å². The van der Waals surface area contributed by atoms with E-state index in [1.54, 1.807) is 10.7 Å². The van der Waals surface area contributed by atoms with Gasteiger partial charge in [-0.2, -0.15) is 9.61 Å². The number of rotatable bonds is 7. The fraction of sp³-hybridized carbons (Fsp3) is 0.107. The molecule has 2 aromatic heterocycles. The number of anilines is 2. The van der Waals surface area contributed by atoms with Gasteiger partial charge in [0.05, 0.1) is 11.6 Å². The Bertz CT molecular complexity index is 1540. The van der Waals surface area contributed by atoms with Crippen LogP contribution in [0.25, 0.3) is 16.9 Å². The molecule has 0 bridgehead atoms. The number of nitrogens with one attached hydrogen (secondary N) is 2. The van der Waals surface area contributed by atoms with Gasteiger partial charge in [0.25, 0.3) is 0 Å². The van der Waals surface area contributed by atoms with Crippen LogP contribution < -0.4 is 16.1 Å². The lowest BCUT2D eigenvalue weighted by Gasteiger charge is -2.14. The van der Waals surface area contributed by atoms with E-state index in [4.69, 9.17) is 19.4 Å². The number of carbonyl (C=O) groups is 1. The van der Waals surface area contributed by atoms with Crippen molar-refractivity contribution in [1.82, 2.24) is 14.6 Å². The summed E-state index contributed by atoms with van der Waals surface area (Å²) in [5.74, 6) is 0.406. The van der Waals surface area contributed by atoms with Gasteiger partial charge in [0.15, 0.2) is 5.65 Å². The van der Waals surface area contributed by atoms with Gasteiger partial charge in [-0.05, 0) is 41.7 Å². The molecule has 0 spiro atoms. The van der Waals surface area contributed by atoms with Crippen molar-refractivity contribution in [2.24, 2.45) is 0 Å². The Morgan fingerprint density at radius 1 is 1.03 bits per heavy atom. The first-order chi connectivity index (χ1) is 17.5. The van der Waals surface area contributed by atoms with E-state index in [0.29, 0.717) is 28.4 Å². The van der Waals surface area contributed by atoms with Crippen molar-refractivity contribution in [3.8, 4) is 11.3 Å². The SMILES string of the molecule is [B]c1cnn2c(NCc3cccc(NC(=O)C(C)c4ccccc4)c3)cc(-c3ccccc3Cl)nc12. The standard InChI is InChI=1S/C28H23BClN5O/c1-18(20-9-3-2-4-10-20)28(36)33-21-11-7-8-19(14-21)16-31-26-15-25(22-12-5-6-13-24(22)30)34-27-23(29)17-32-35(26)27/h2-15,17-18,31H,16H2,1H3,(H,33,36). The zero-order valence-electron chi connectivity index (χ0n) is 19.6. The van der Waals surface area contributed by atoms with Crippen molar-refractivity contribution in [2.75, 3.05) is 10.6 Å². The predicted molar refractivity (Wildman–Crippen MR) is 146 cm³/mol. The molecule has 2 N–H and O–H groups in total. The Balaban J connectivity index is 1.36. The molecule has 0 saturated carbocycles. The highest BCUT2D eigenvalue weighted by atomic mass is 35.5. The van der Waals surface area contributed by atoms with Crippen LogP contribution in [0.5, 0.6) is 0 Å². The Morgan fingerprint density at radius 2 is 1.81 bits per heavy atom. The highest BCUT2D eigenvalue weighted by Crippen LogP contribution is 2.28. The third-order valence-corrected chi connectivity index (χ3v) is 6.34. The van der Waals surface area contributed by atoms with Gasteiger partial charge in [0.2, 0.25) is 5.91 Å². The number of fused-ring (bicyclic) bond motifs is 1. The minimum atomic E-state index is -0.258. The Morgan fingerprint density at radius 3 is 2.61 bits per heavy atom. The second kappa shape index (κ2) is 10.3. The van der Waals surface area contributed by atoms with Crippen molar-refractivity contribution >= 4 is 48.0 Å². The first kappa shape index (κ1) is 23.6. The maximum atomic E-state index is 12.8. The topological polar surface area (TPSA) is 71.3 Å². The lowest BCUT2D eigenvalue weighted by atomic mass is 10.0. The fourth-order valence-electron chi connectivity index (χ4n) is 4.01. The number of hydrogen-bond donors (Lipinski definition) is 2. The lowest BCUT2D eigenvalue weighted by molar-refractivity contribution is -0.117. The molecule has 5 rings (SSSR count). The molecule has 176 valence electrons. The molecule has 2 heterocycles. The van der Waals surface area contributed by atoms with E-state index in [0.717, 1.165) is 28.2 Å². The van der Waals surface area contributed by atoms with E-state index in [1.807, 2.05) is 91.9 Å². The maximum Gasteiger partial charge on any atom is 0.231 e. The number of halogens is 1. The molecule has 5 aromatic rings. The normalized spacial score (nSPS) is 11.8. The van der Waals surface area contributed by atoms with E-state index in [-0.39, 0.29) is 11.8 Å². The molecular formula is C28H23BClN5O. The molecule has 1 amide bonds. The van der Waals surface area contributed by atoms with Crippen LogP contribution in [0.1, 0.15) is 24.0 Å². The van der Waals surface area contributed by atoms with Gasteiger partial charge in [-0.1, -0.05) is 72.3 Å². The van der Waals surface area contributed by atoms with Crippen molar-refractivity contribution in [2.45, 2.75) is 19.4 Å². The Labute approximate surface area is 215 Å². The van der Waals surface area contributed by atoms with Crippen LogP contribution in [0.15, 0.2) is 91.1 Å². The van der Waals surface area contributed by atoms with Crippen LogP contribution in [-0.4, -0.2) is 28.4 Å². The molecule has 1 unspecified atom stereocenters. The first-order valence-electron chi connectivity index (χ1n) is 11.6. The van der Waals surface area contributed by atoms with Crippen LogP contribution >= 0.6 is 11.6 Å². The van der Waals surface area contributed by atoms with E-state index >= 15 is 0 Å². The highest BCUT2D eigenvalue weighted by Gasteiger charge is 2.16. The van der Waals surface area contributed by atoms with Gasteiger partial charge in [0, 0.05) is 35.1 Å². The largest absolute Gasteiger partial charge is 0.366 e. The van der Waals surface area contributed by atoms with Gasteiger partial charge in [-0.15, -0.1) is 0 Å². The molecule has 6 nitrogen and oxygen atoms in total. The average molecular weight is 492 g/mol. The summed E-state index contributed by atoms with van der Waals surface area (Å²) in [6.07, 6.45) is 1.58. The molecule has 0 aliphatic heterocycles. The smallest absolute Gasteiger partial charge is 0.231 e. The summed E-state index contributed by atoms with van der Waals surface area (Å²) in [6.45, 7) is 2.40. The van der Waals surface area contributed by atoms with E-state index in [2.05, 4.69) is 20.7 Å². The fourth-order valence-corrected chi connectivity index (χ4v) is 4.24. The molecule has 36 heavy (non-hydrogen) atoms. The summed E-state index contributed by atoms with van der Waals surface area (Å²) >= 11 is 6.42. The monoisotopic (exact) mass is 491 g/mol. The summed E-state index contributed by atoms with van der Waals surface area (Å²) in [6, 6.07) is 26.9.